The topological polar surface area (TPSA) is 84.2 Å². The number of rotatable bonds is 4. The predicted molar refractivity (Wildman–Crippen MR) is 77.0 cm³/mol. The van der Waals surface area contributed by atoms with E-state index in [1.54, 1.807) is 17.4 Å². The highest BCUT2D eigenvalue weighted by Gasteiger charge is 2.27. The molecule has 10 heteroatoms. The Bertz CT molecular complexity index is 704. The van der Waals surface area contributed by atoms with E-state index in [-0.39, 0.29) is 12.0 Å². The molecule has 0 aliphatic heterocycles. The fraction of sp³-hybridized carbons (Fsp3) is 0.538. The molecule has 2 rings (SSSR count). The molecular formula is C13H17F3N6O. The van der Waals surface area contributed by atoms with Gasteiger partial charge in [0.15, 0.2) is 11.5 Å². The number of hydrogen-bond acceptors (Lipinski definition) is 5. The summed E-state index contributed by atoms with van der Waals surface area (Å²) in [6.45, 7) is 4.18. The molecule has 0 fully saturated rings. The van der Waals surface area contributed by atoms with Crippen molar-refractivity contribution in [3.8, 4) is 0 Å². The van der Waals surface area contributed by atoms with Crippen LogP contribution in [-0.4, -0.2) is 45.0 Å². The number of nitrogens with one attached hydrogen (secondary N) is 2. The molecule has 1 amide bonds. The van der Waals surface area contributed by atoms with Gasteiger partial charge in [-0.3, -0.25) is 4.79 Å². The molecule has 0 bridgehead atoms. The molecule has 2 N–H and O–H groups in total. The highest BCUT2D eigenvalue weighted by molar-refractivity contribution is 5.80. The van der Waals surface area contributed by atoms with Crippen molar-refractivity contribution in [3.05, 3.63) is 18.0 Å². The third kappa shape index (κ3) is 4.54. The Morgan fingerprint density at radius 2 is 1.91 bits per heavy atom. The molecule has 0 spiro atoms. The molecule has 0 saturated carbocycles. The highest BCUT2D eigenvalue weighted by Crippen LogP contribution is 2.20. The summed E-state index contributed by atoms with van der Waals surface area (Å²) in [6, 6.07) is 3.23. The number of carbonyl (C=O) groups is 1. The maximum atomic E-state index is 12.0. The van der Waals surface area contributed by atoms with E-state index >= 15 is 0 Å². The molecule has 0 unspecified atom stereocenters. The Morgan fingerprint density at radius 3 is 2.52 bits per heavy atom. The van der Waals surface area contributed by atoms with Crippen LogP contribution in [0.25, 0.3) is 5.65 Å². The van der Waals surface area contributed by atoms with Crippen molar-refractivity contribution >= 4 is 17.4 Å². The fourth-order valence-corrected chi connectivity index (χ4v) is 1.78. The van der Waals surface area contributed by atoms with Gasteiger partial charge in [0, 0.05) is 5.41 Å². The van der Waals surface area contributed by atoms with Gasteiger partial charge in [0.2, 0.25) is 5.91 Å². The Kier molecular flexibility index (Phi) is 4.44. The van der Waals surface area contributed by atoms with Crippen LogP contribution in [0.2, 0.25) is 0 Å². The van der Waals surface area contributed by atoms with Gasteiger partial charge < -0.3 is 10.6 Å². The minimum Gasteiger partial charge on any atom is -0.360 e. The Balaban J connectivity index is 2.05. The molecule has 0 aliphatic carbocycles. The van der Waals surface area contributed by atoms with E-state index in [9.17, 15) is 18.0 Å². The lowest BCUT2D eigenvalue weighted by atomic mass is 9.96. The van der Waals surface area contributed by atoms with Crippen LogP contribution in [0.5, 0.6) is 0 Å². The number of amides is 1. The average Bonchev–Trinajstić information content (AvgIpc) is 2.85. The van der Waals surface area contributed by atoms with Gasteiger partial charge in [0.1, 0.15) is 12.4 Å². The first-order valence-corrected chi connectivity index (χ1v) is 6.86. The standard InChI is InChI=1S/C13H17F3N6O/c1-12(2,3)11-20-19-9-5-4-8(21-22(9)11)17-6-10(23)18-7-13(14,15)16/h4-5H,6-7H2,1-3H3,(H,17,21)(H,18,23). The lowest BCUT2D eigenvalue weighted by Crippen LogP contribution is -2.37. The summed E-state index contributed by atoms with van der Waals surface area (Å²) in [7, 11) is 0. The first-order valence-electron chi connectivity index (χ1n) is 6.86. The molecule has 126 valence electrons. The number of anilines is 1. The van der Waals surface area contributed by atoms with Crippen LogP contribution in [0.1, 0.15) is 26.6 Å². The smallest absolute Gasteiger partial charge is 0.360 e. The van der Waals surface area contributed by atoms with Gasteiger partial charge in [0.05, 0.1) is 6.54 Å². The second kappa shape index (κ2) is 6.01. The number of halogens is 3. The molecule has 2 aromatic rings. The maximum Gasteiger partial charge on any atom is 0.405 e. The van der Waals surface area contributed by atoms with Crippen LogP contribution in [0.3, 0.4) is 0 Å². The molecule has 23 heavy (non-hydrogen) atoms. The molecular weight excluding hydrogens is 313 g/mol. The molecule has 0 atom stereocenters. The van der Waals surface area contributed by atoms with Crippen LogP contribution >= 0.6 is 0 Å². The van der Waals surface area contributed by atoms with Gasteiger partial charge in [-0.15, -0.1) is 15.3 Å². The van der Waals surface area contributed by atoms with Gasteiger partial charge in [-0.1, -0.05) is 20.8 Å². The molecule has 7 nitrogen and oxygen atoms in total. The summed E-state index contributed by atoms with van der Waals surface area (Å²) < 4.78 is 37.6. The monoisotopic (exact) mass is 330 g/mol. The fourth-order valence-electron chi connectivity index (χ4n) is 1.78. The Labute approximate surface area is 130 Å². The number of aromatic nitrogens is 4. The number of hydrogen-bond donors (Lipinski definition) is 2. The zero-order valence-corrected chi connectivity index (χ0v) is 12.9. The molecule has 2 aromatic heterocycles. The Hall–Kier alpha value is -2.39. The van der Waals surface area contributed by atoms with E-state index in [1.807, 2.05) is 20.8 Å². The van der Waals surface area contributed by atoms with E-state index in [4.69, 9.17) is 0 Å². The number of fused-ring (bicyclic) bond motifs is 1. The molecule has 0 radical (unpaired) electrons. The molecule has 2 heterocycles. The van der Waals surface area contributed by atoms with Crippen LogP contribution in [0.4, 0.5) is 19.0 Å². The van der Waals surface area contributed by atoms with Gasteiger partial charge in [-0.2, -0.15) is 17.7 Å². The zero-order valence-electron chi connectivity index (χ0n) is 12.9. The van der Waals surface area contributed by atoms with Gasteiger partial charge >= 0.3 is 6.18 Å². The van der Waals surface area contributed by atoms with E-state index in [0.717, 1.165) is 0 Å². The van der Waals surface area contributed by atoms with Gasteiger partial charge in [0.25, 0.3) is 0 Å². The minimum atomic E-state index is -4.43. The van der Waals surface area contributed by atoms with Crippen molar-refractivity contribution in [1.29, 1.82) is 0 Å². The molecule has 0 saturated heterocycles. The quantitative estimate of drug-likeness (QED) is 0.888. The number of carbonyl (C=O) groups excluding carboxylic acids is 1. The summed E-state index contributed by atoms with van der Waals surface area (Å²) in [6.07, 6.45) is -4.43. The lowest BCUT2D eigenvalue weighted by Gasteiger charge is -2.15. The largest absolute Gasteiger partial charge is 0.405 e. The summed E-state index contributed by atoms with van der Waals surface area (Å²) in [5.74, 6) is 0.201. The van der Waals surface area contributed by atoms with Crippen LogP contribution < -0.4 is 10.6 Å². The first-order chi connectivity index (χ1) is 10.6. The van der Waals surface area contributed by atoms with Crippen LogP contribution in [0, 0.1) is 0 Å². The van der Waals surface area contributed by atoms with Crippen molar-refractivity contribution in [3.63, 3.8) is 0 Å². The van der Waals surface area contributed by atoms with Crippen LogP contribution in [0.15, 0.2) is 12.1 Å². The zero-order chi connectivity index (χ0) is 17.3. The van der Waals surface area contributed by atoms with Crippen LogP contribution in [-0.2, 0) is 10.2 Å². The van der Waals surface area contributed by atoms with E-state index in [2.05, 4.69) is 20.6 Å². The molecule has 0 aliphatic rings. The summed E-state index contributed by atoms with van der Waals surface area (Å²) in [4.78, 5) is 11.4. The van der Waals surface area contributed by atoms with Gasteiger partial charge in [-0.25, -0.2) is 0 Å². The normalized spacial score (nSPS) is 12.4. The van der Waals surface area contributed by atoms with Crippen molar-refractivity contribution in [2.45, 2.75) is 32.4 Å². The van der Waals surface area contributed by atoms with Crippen molar-refractivity contribution in [2.75, 3.05) is 18.4 Å². The SMILES string of the molecule is CC(C)(C)c1nnc2ccc(NCC(=O)NCC(F)(F)F)nn12. The van der Waals surface area contributed by atoms with E-state index < -0.39 is 18.6 Å². The van der Waals surface area contributed by atoms with Crippen molar-refractivity contribution in [2.24, 2.45) is 0 Å². The second-order valence-corrected chi connectivity index (χ2v) is 6.01. The molecule has 0 aromatic carbocycles. The van der Waals surface area contributed by atoms with E-state index in [1.165, 1.54) is 4.52 Å². The number of nitrogens with zero attached hydrogens (tertiary/aromatic N) is 4. The first kappa shape index (κ1) is 17.0. The van der Waals surface area contributed by atoms with Crippen molar-refractivity contribution < 1.29 is 18.0 Å². The van der Waals surface area contributed by atoms with E-state index in [0.29, 0.717) is 17.3 Å². The third-order valence-corrected chi connectivity index (χ3v) is 2.85. The minimum absolute atomic E-state index is 0.283. The third-order valence-electron chi connectivity index (χ3n) is 2.85. The second-order valence-electron chi connectivity index (χ2n) is 6.01. The average molecular weight is 330 g/mol. The predicted octanol–water partition coefficient (Wildman–Crippen LogP) is 1.51. The summed E-state index contributed by atoms with van der Waals surface area (Å²) in [5.41, 5.74) is 0.261. The highest BCUT2D eigenvalue weighted by atomic mass is 19.4. The van der Waals surface area contributed by atoms with Gasteiger partial charge in [-0.05, 0) is 12.1 Å². The maximum absolute atomic E-state index is 12.0. The Morgan fingerprint density at radius 1 is 1.22 bits per heavy atom. The number of alkyl halides is 3. The van der Waals surface area contributed by atoms with Crippen molar-refractivity contribution in [1.82, 2.24) is 25.1 Å². The lowest BCUT2D eigenvalue weighted by molar-refractivity contribution is -0.137. The summed E-state index contributed by atoms with van der Waals surface area (Å²) >= 11 is 0. The summed E-state index contributed by atoms with van der Waals surface area (Å²) in [5, 5.41) is 16.8.